The van der Waals surface area contributed by atoms with Crippen molar-refractivity contribution in [1.29, 1.82) is 0 Å². The molecule has 1 aromatic carbocycles. The Bertz CT molecular complexity index is 694. The van der Waals surface area contributed by atoms with E-state index in [-0.39, 0.29) is 5.91 Å². The van der Waals surface area contributed by atoms with E-state index in [0.717, 1.165) is 30.2 Å². The SMILES string of the molecule is COc1ccccc1N1CCN(C(=O)c2ccnc(C)c2)CC1. The van der Waals surface area contributed by atoms with Crippen molar-refractivity contribution in [1.82, 2.24) is 9.88 Å². The van der Waals surface area contributed by atoms with Gasteiger partial charge in [-0.2, -0.15) is 0 Å². The molecule has 0 radical (unpaired) electrons. The van der Waals surface area contributed by atoms with Crippen molar-refractivity contribution in [2.75, 3.05) is 38.2 Å². The van der Waals surface area contributed by atoms with Crippen LogP contribution in [0.5, 0.6) is 5.75 Å². The molecule has 2 heterocycles. The van der Waals surface area contributed by atoms with Crippen molar-refractivity contribution in [2.45, 2.75) is 6.92 Å². The Hall–Kier alpha value is -2.56. The molecule has 1 aromatic heterocycles. The molecule has 1 saturated heterocycles. The second-order valence-corrected chi connectivity index (χ2v) is 5.64. The molecule has 0 bridgehead atoms. The van der Waals surface area contributed by atoms with Crippen molar-refractivity contribution in [3.05, 3.63) is 53.9 Å². The first-order valence-electron chi connectivity index (χ1n) is 7.79. The van der Waals surface area contributed by atoms with Crippen molar-refractivity contribution >= 4 is 11.6 Å². The first-order chi connectivity index (χ1) is 11.2. The molecule has 0 aliphatic carbocycles. The van der Waals surface area contributed by atoms with Gasteiger partial charge in [0.2, 0.25) is 0 Å². The average Bonchev–Trinajstić information content (AvgIpc) is 2.61. The minimum atomic E-state index is 0.0789. The van der Waals surface area contributed by atoms with E-state index in [1.165, 1.54) is 0 Å². The van der Waals surface area contributed by atoms with Gasteiger partial charge in [-0.05, 0) is 31.2 Å². The Morgan fingerprint density at radius 1 is 1.13 bits per heavy atom. The lowest BCUT2D eigenvalue weighted by atomic mass is 10.1. The number of aryl methyl sites for hydroxylation is 1. The van der Waals surface area contributed by atoms with E-state index in [1.54, 1.807) is 19.4 Å². The number of nitrogens with zero attached hydrogens (tertiary/aromatic N) is 3. The Balaban J connectivity index is 1.67. The third-order valence-electron chi connectivity index (χ3n) is 4.14. The van der Waals surface area contributed by atoms with E-state index in [1.807, 2.05) is 36.1 Å². The van der Waals surface area contributed by atoms with Crippen LogP contribution in [0.1, 0.15) is 16.1 Å². The Morgan fingerprint density at radius 2 is 1.87 bits per heavy atom. The maximum Gasteiger partial charge on any atom is 0.254 e. The number of anilines is 1. The summed E-state index contributed by atoms with van der Waals surface area (Å²) in [5.41, 5.74) is 2.66. The van der Waals surface area contributed by atoms with Crippen LogP contribution in [0.2, 0.25) is 0 Å². The van der Waals surface area contributed by atoms with Crippen LogP contribution in [0.15, 0.2) is 42.6 Å². The van der Waals surface area contributed by atoms with E-state index in [0.29, 0.717) is 18.7 Å². The predicted octanol–water partition coefficient (Wildman–Crippen LogP) is 2.36. The number of benzene rings is 1. The maximum atomic E-state index is 12.6. The molecule has 1 amide bonds. The Labute approximate surface area is 136 Å². The molecule has 2 aromatic rings. The fourth-order valence-corrected chi connectivity index (χ4v) is 2.90. The van der Waals surface area contributed by atoms with E-state index in [9.17, 15) is 4.79 Å². The van der Waals surface area contributed by atoms with E-state index in [4.69, 9.17) is 4.74 Å². The molecule has 0 saturated carbocycles. The zero-order valence-electron chi connectivity index (χ0n) is 13.5. The first kappa shape index (κ1) is 15.3. The van der Waals surface area contributed by atoms with Gasteiger partial charge >= 0.3 is 0 Å². The number of carbonyl (C=O) groups is 1. The van der Waals surface area contributed by atoms with Gasteiger partial charge in [0.1, 0.15) is 5.75 Å². The van der Waals surface area contributed by atoms with Crippen molar-refractivity contribution in [2.24, 2.45) is 0 Å². The van der Waals surface area contributed by atoms with Crippen LogP contribution in [-0.4, -0.2) is 49.1 Å². The minimum Gasteiger partial charge on any atom is -0.495 e. The van der Waals surface area contributed by atoms with Crippen LogP contribution in [0.25, 0.3) is 0 Å². The highest BCUT2D eigenvalue weighted by atomic mass is 16.5. The number of methoxy groups -OCH3 is 1. The zero-order valence-corrected chi connectivity index (χ0v) is 13.5. The highest BCUT2D eigenvalue weighted by Crippen LogP contribution is 2.28. The van der Waals surface area contributed by atoms with Gasteiger partial charge in [0, 0.05) is 43.6 Å². The number of rotatable bonds is 3. The molecule has 1 aliphatic heterocycles. The number of piperazine rings is 1. The summed E-state index contributed by atoms with van der Waals surface area (Å²) < 4.78 is 5.43. The summed E-state index contributed by atoms with van der Waals surface area (Å²) in [4.78, 5) is 20.9. The van der Waals surface area contributed by atoms with Gasteiger partial charge in [-0.15, -0.1) is 0 Å². The molecule has 0 atom stereocenters. The van der Waals surface area contributed by atoms with Gasteiger partial charge in [0.25, 0.3) is 5.91 Å². The third-order valence-corrected chi connectivity index (χ3v) is 4.14. The number of aromatic nitrogens is 1. The summed E-state index contributed by atoms with van der Waals surface area (Å²) in [6, 6.07) is 11.6. The molecule has 1 aliphatic rings. The van der Waals surface area contributed by atoms with Crippen LogP contribution in [0.4, 0.5) is 5.69 Å². The van der Waals surface area contributed by atoms with Crippen LogP contribution in [-0.2, 0) is 0 Å². The van der Waals surface area contributed by atoms with Gasteiger partial charge in [-0.3, -0.25) is 9.78 Å². The summed E-state index contributed by atoms with van der Waals surface area (Å²) in [6.07, 6.45) is 1.69. The molecular formula is C18H21N3O2. The molecule has 5 nitrogen and oxygen atoms in total. The van der Waals surface area contributed by atoms with E-state index in [2.05, 4.69) is 16.0 Å². The van der Waals surface area contributed by atoms with Crippen LogP contribution >= 0.6 is 0 Å². The lowest BCUT2D eigenvalue weighted by Gasteiger charge is -2.36. The largest absolute Gasteiger partial charge is 0.495 e. The van der Waals surface area contributed by atoms with Gasteiger partial charge < -0.3 is 14.5 Å². The third kappa shape index (κ3) is 3.28. The lowest BCUT2D eigenvalue weighted by Crippen LogP contribution is -2.48. The van der Waals surface area contributed by atoms with Crippen LogP contribution in [0, 0.1) is 6.92 Å². The minimum absolute atomic E-state index is 0.0789. The number of pyridine rings is 1. The van der Waals surface area contributed by atoms with Crippen molar-refractivity contribution in [3.63, 3.8) is 0 Å². The Morgan fingerprint density at radius 3 is 2.57 bits per heavy atom. The first-order valence-corrected chi connectivity index (χ1v) is 7.79. The topological polar surface area (TPSA) is 45.7 Å². The number of carbonyl (C=O) groups excluding carboxylic acids is 1. The fourth-order valence-electron chi connectivity index (χ4n) is 2.90. The smallest absolute Gasteiger partial charge is 0.254 e. The second-order valence-electron chi connectivity index (χ2n) is 5.64. The van der Waals surface area contributed by atoms with Crippen molar-refractivity contribution in [3.8, 4) is 5.75 Å². The molecule has 0 spiro atoms. The number of hydrogen-bond donors (Lipinski definition) is 0. The van der Waals surface area contributed by atoms with Crippen molar-refractivity contribution < 1.29 is 9.53 Å². The summed E-state index contributed by atoms with van der Waals surface area (Å²) in [7, 11) is 1.68. The number of amides is 1. The molecule has 0 N–H and O–H groups in total. The standard InChI is InChI=1S/C18H21N3O2/c1-14-13-15(7-8-19-14)18(22)21-11-9-20(10-12-21)16-5-3-4-6-17(16)23-2/h3-8,13H,9-12H2,1-2H3. The second kappa shape index (κ2) is 6.69. The quantitative estimate of drug-likeness (QED) is 0.873. The molecule has 3 rings (SSSR count). The fraction of sp³-hybridized carbons (Fsp3) is 0.333. The van der Waals surface area contributed by atoms with Gasteiger partial charge in [0.15, 0.2) is 0 Å². The van der Waals surface area contributed by atoms with E-state index < -0.39 is 0 Å². The molecule has 120 valence electrons. The highest BCUT2D eigenvalue weighted by Gasteiger charge is 2.23. The summed E-state index contributed by atoms with van der Waals surface area (Å²) >= 11 is 0. The molecule has 0 unspecified atom stereocenters. The normalized spacial score (nSPS) is 14.7. The number of hydrogen-bond acceptors (Lipinski definition) is 4. The predicted molar refractivity (Wildman–Crippen MR) is 90.1 cm³/mol. The Kier molecular flexibility index (Phi) is 4.46. The summed E-state index contributed by atoms with van der Waals surface area (Å²) in [5.74, 6) is 0.951. The maximum absolute atomic E-state index is 12.6. The lowest BCUT2D eigenvalue weighted by molar-refractivity contribution is 0.0746. The summed E-state index contributed by atoms with van der Waals surface area (Å²) in [5, 5.41) is 0. The molecular weight excluding hydrogens is 290 g/mol. The number of para-hydroxylation sites is 2. The molecule has 1 fully saturated rings. The van der Waals surface area contributed by atoms with Gasteiger partial charge in [-0.25, -0.2) is 0 Å². The van der Waals surface area contributed by atoms with Gasteiger partial charge in [-0.1, -0.05) is 12.1 Å². The van der Waals surface area contributed by atoms with Gasteiger partial charge in [0.05, 0.1) is 12.8 Å². The van der Waals surface area contributed by atoms with Crippen LogP contribution < -0.4 is 9.64 Å². The molecule has 23 heavy (non-hydrogen) atoms. The highest BCUT2D eigenvalue weighted by molar-refractivity contribution is 5.94. The summed E-state index contributed by atoms with van der Waals surface area (Å²) in [6.45, 7) is 4.92. The number of ether oxygens (including phenoxy) is 1. The van der Waals surface area contributed by atoms with E-state index >= 15 is 0 Å². The zero-order chi connectivity index (χ0) is 16.2. The molecule has 5 heteroatoms. The monoisotopic (exact) mass is 311 g/mol. The average molecular weight is 311 g/mol. The van der Waals surface area contributed by atoms with Crippen LogP contribution in [0.3, 0.4) is 0 Å².